The fraction of sp³-hybridized carbons (Fsp3) is 0.500. The van der Waals surface area contributed by atoms with Crippen molar-refractivity contribution >= 4 is 10.0 Å². The van der Waals surface area contributed by atoms with E-state index in [-0.39, 0.29) is 5.75 Å². The Balaban J connectivity index is 2.34. The molecule has 5 nitrogen and oxygen atoms in total. The van der Waals surface area contributed by atoms with Crippen molar-refractivity contribution in [3.05, 3.63) is 35.4 Å². The summed E-state index contributed by atoms with van der Waals surface area (Å²) in [6.45, 7) is 3.89. The lowest BCUT2D eigenvalue weighted by Crippen LogP contribution is -2.33. The van der Waals surface area contributed by atoms with Crippen LogP contribution >= 0.6 is 0 Å². The van der Waals surface area contributed by atoms with Crippen molar-refractivity contribution in [2.24, 2.45) is 5.73 Å². The van der Waals surface area contributed by atoms with Gasteiger partial charge in [0.05, 0.1) is 5.75 Å². The van der Waals surface area contributed by atoms with Gasteiger partial charge in [-0.1, -0.05) is 29.8 Å². The van der Waals surface area contributed by atoms with Crippen LogP contribution < -0.4 is 15.8 Å². The molecule has 0 unspecified atom stereocenters. The van der Waals surface area contributed by atoms with Crippen molar-refractivity contribution in [2.75, 3.05) is 25.4 Å². The first kappa shape index (κ1) is 15.1. The highest BCUT2D eigenvalue weighted by molar-refractivity contribution is 7.89. The molecule has 6 heteroatoms. The molecule has 0 spiro atoms. The summed E-state index contributed by atoms with van der Waals surface area (Å²) in [6.07, 6.45) is 0. The zero-order valence-corrected chi connectivity index (χ0v) is 11.5. The van der Waals surface area contributed by atoms with Crippen LogP contribution in [-0.2, 0) is 16.6 Å². The number of sulfonamides is 1. The zero-order chi connectivity index (χ0) is 13.4. The van der Waals surface area contributed by atoms with E-state index in [4.69, 9.17) is 5.73 Å². The van der Waals surface area contributed by atoms with Crippen LogP contribution in [0.5, 0.6) is 0 Å². The maximum Gasteiger partial charge on any atom is 0.213 e. The summed E-state index contributed by atoms with van der Waals surface area (Å²) in [5.41, 5.74) is 7.41. The molecule has 4 N–H and O–H groups in total. The van der Waals surface area contributed by atoms with Gasteiger partial charge in [0, 0.05) is 26.2 Å². The Hall–Kier alpha value is -0.950. The highest BCUT2D eigenvalue weighted by Gasteiger charge is 2.08. The minimum absolute atomic E-state index is 0.0683. The predicted octanol–water partition coefficient (Wildman–Crippen LogP) is -0.0373. The number of hydrogen-bond donors (Lipinski definition) is 3. The molecule has 0 amide bonds. The number of nitrogens with one attached hydrogen (secondary N) is 2. The Bertz CT molecular complexity index is 443. The molecule has 0 aliphatic heterocycles. The van der Waals surface area contributed by atoms with E-state index in [1.54, 1.807) is 0 Å². The maximum absolute atomic E-state index is 11.7. The Morgan fingerprint density at radius 3 is 2.44 bits per heavy atom. The molecule has 0 radical (unpaired) electrons. The second-order valence-electron chi connectivity index (χ2n) is 4.16. The molecule has 0 bridgehead atoms. The maximum atomic E-state index is 11.7. The monoisotopic (exact) mass is 271 g/mol. The second-order valence-corrected chi connectivity index (χ2v) is 6.09. The molecule has 1 aromatic carbocycles. The highest BCUT2D eigenvalue weighted by Crippen LogP contribution is 2.03. The number of benzene rings is 1. The van der Waals surface area contributed by atoms with E-state index in [0.29, 0.717) is 26.2 Å². The standard InChI is InChI=1S/C12H21N3O2S/c1-11-2-4-12(5-3-11)10-15-18(16,17)9-8-14-7-6-13/h2-5,14-15H,6-10,13H2,1H3. The third-order valence-corrected chi connectivity index (χ3v) is 3.81. The van der Waals surface area contributed by atoms with Gasteiger partial charge in [0.15, 0.2) is 0 Å². The average Bonchev–Trinajstić information content (AvgIpc) is 2.34. The smallest absolute Gasteiger partial charge is 0.213 e. The molecule has 0 fully saturated rings. The third kappa shape index (κ3) is 6.11. The van der Waals surface area contributed by atoms with E-state index in [1.807, 2.05) is 31.2 Å². The molecule has 0 saturated carbocycles. The molecule has 1 rings (SSSR count). The van der Waals surface area contributed by atoms with Gasteiger partial charge >= 0.3 is 0 Å². The van der Waals surface area contributed by atoms with E-state index in [9.17, 15) is 8.42 Å². The minimum Gasteiger partial charge on any atom is -0.329 e. The molecule has 1 aromatic rings. The first-order chi connectivity index (χ1) is 8.53. The van der Waals surface area contributed by atoms with Gasteiger partial charge in [0.2, 0.25) is 10.0 Å². The Morgan fingerprint density at radius 1 is 1.17 bits per heavy atom. The molecule has 0 aromatic heterocycles. The van der Waals surface area contributed by atoms with Crippen LogP contribution in [0.1, 0.15) is 11.1 Å². The van der Waals surface area contributed by atoms with Crippen LogP contribution in [0.15, 0.2) is 24.3 Å². The molecule has 18 heavy (non-hydrogen) atoms. The lowest BCUT2D eigenvalue weighted by Gasteiger charge is -2.07. The summed E-state index contributed by atoms with van der Waals surface area (Å²) in [6, 6.07) is 7.77. The van der Waals surface area contributed by atoms with Crippen LogP contribution in [0.3, 0.4) is 0 Å². The predicted molar refractivity (Wildman–Crippen MR) is 73.7 cm³/mol. The molecule has 0 atom stereocenters. The van der Waals surface area contributed by atoms with Crippen molar-refractivity contribution < 1.29 is 8.42 Å². The van der Waals surface area contributed by atoms with E-state index in [2.05, 4.69) is 10.0 Å². The van der Waals surface area contributed by atoms with Gasteiger partial charge in [0.1, 0.15) is 0 Å². The Labute approximate surface area is 109 Å². The summed E-state index contributed by atoms with van der Waals surface area (Å²) in [5.74, 6) is 0.0683. The van der Waals surface area contributed by atoms with Crippen LogP contribution in [0.4, 0.5) is 0 Å². The van der Waals surface area contributed by atoms with Crippen LogP contribution in [0.25, 0.3) is 0 Å². The Morgan fingerprint density at radius 2 is 1.83 bits per heavy atom. The van der Waals surface area contributed by atoms with Crippen molar-refractivity contribution in [2.45, 2.75) is 13.5 Å². The van der Waals surface area contributed by atoms with E-state index in [0.717, 1.165) is 11.1 Å². The summed E-state index contributed by atoms with van der Waals surface area (Å²) < 4.78 is 25.9. The summed E-state index contributed by atoms with van der Waals surface area (Å²) in [7, 11) is -3.22. The van der Waals surface area contributed by atoms with Crippen molar-refractivity contribution in [1.82, 2.24) is 10.0 Å². The van der Waals surface area contributed by atoms with Gasteiger partial charge in [-0.3, -0.25) is 0 Å². The van der Waals surface area contributed by atoms with Crippen LogP contribution in [0, 0.1) is 6.92 Å². The topological polar surface area (TPSA) is 84.2 Å². The normalized spacial score (nSPS) is 11.7. The molecule has 0 saturated heterocycles. The van der Waals surface area contributed by atoms with Gasteiger partial charge in [-0.2, -0.15) is 0 Å². The lowest BCUT2D eigenvalue weighted by molar-refractivity contribution is 0.576. The summed E-state index contributed by atoms with van der Waals surface area (Å²) in [5, 5.41) is 2.95. The molecule has 0 heterocycles. The van der Waals surface area contributed by atoms with Crippen LogP contribution in [-0.4, -0.2) is 33.8 Å². The van der Waals surface area contributed by atoms with E-state index >= 15 is 0 Å². The quantitative estimate of drug-likeness (QED) is 0.579. The number of nitrogens with two attached hydrogens (primary N) is 1. The number of aryl methyl sites for hydroxylation is 1. The summed E-state index contributed by atoms with van der Waals surface area (Å²) >= 11 is 0. The molecule has 0 aliphatic carbocycles. The molecule has 102 valence electrons. The van der Waals surface area contributed by atoms with Crippen molar-refractivity contribution in [3.63, 3.8) is 0 Å². The fourth-order valence-electron chi connectivity index (χ4n) is 1.40. The Kier molecular flexibility index (Phi) is 6.28. The van der Waals surface area contributed by atoms with E-state index in [1.165, 1.54) is 0 Å². The molecular formula is C12H21N3O2S. The lowest BCUT2D eigenvalue weighted by atomic mass is 10.2. The van der Waals surface area contributed by atoms with Crippen LogP contribution in [0.2, 0.25) is 0 Å². The molecular weight excluding hydrogens is 250 g/mol. The zero-order valence-electron chi connectivity index (χ0n) is 10.6. The third-order valence-electron chi connectivity index (χ3n) is 2.49. The summed E-state index contributed by atoms with van der Waals surface area (Å²) in [4.78, 5) is 0. The van der Waals surface area contributed by atoms with Gasteiger partial charge in [0.25, 0.3) is 0 Å². The first-order valence-electron chi connectivity index (χ1n) is 5.97. The van der Waals surface area contributed by atoms with Crippen molar-refractivity contribution in [1.29, 1.82) is 0 Å². The average molecular weight is 271 g/mol. The second kappa shape index (κ2) is 7.48. The molecule has 0 aliphatic rings. The van der Waals surface area contributed by atoms with Gasteiger partial charge in [-0.25, -0.2) is 13.1 Å². The minimum atomic E-state index is -3.22. The highest BCUT2D eigenvalue weighted by atomic mass is 32.2. The van der Waals surface area contributed by atoms with Gasteiger partial charge < -0.3 is 11.1 Å². The SMILES string of the molecule is Cc1ccc(CNS(=O)(=O)CCNCCN)cc1. The van der Waals surface area contributed by atoms with Gasteiger partial charge in [-0.15, -0.1) is 0 Å². The van der Waals surface area contributed by atoms with E-state index < -0.39 is 10.0 Å². The largest absolute Gasteiger partial charge is 0.329 e. The number of rotatable bonds is 8. The fourth-order valence-corrected chi connectivity index (χ4v) is 2.35. The first-order valence-corrected chi connectivity index (χ1v) is 7.62. The number of hydrogen-bond acceptors (Lipinski definition) is 4. The van der Waals surface area contributed by atoms with Crippen molar-refractivity contribution in [3.8, 4) is 0 Å². The van der Waals surface area contributed by atoms with Gasteiger partial charge in [-0.05, 0) is 12.5 Å².